The fraction of sp³-hybridized carbons (Fsp3) is 0.250. The molecule has 0 saturated heterocycles. The van der Waals surface area contributed by atoms with Crippen LogP contribution in [-0.4, -0.2) is 27.3 Å². The quantitative estimate of drug-likeness (QED) is 0.619. The average Bonchev–Trinajstić information content (AvgIpc) is 3.03. The van der Waals surface area contributed by atoms with E-state index in [4.69, 9.17) is 10.5 Å². The molecule has 3 aromatic rings. The molecule has 0 aliphatic rings. The minimum atomic E-state index is -0.326. The van der Waals surface area contributed by atoms with Gasteiger partial charge in [0.2, 0.25) is 11.9 Å². The number of hydrogen-bond donors (Lipinski definition) is 2. The Labute approximate surface area is 158 Å². The van der Waals surface area contributed by atoms with Crippen molar-refractivity contribution in [2.75, 3.05) is 17.7 Å². The molecule has 2 aromatic carbocycles. The number of nitrogens with zero attached hydrogens (tertiary/aromatic N) is 3. The van der Waals surface area contributed by atoms with Crippen molar-refractivity contribution in [3.63, 3.8) is 0 Å². The van der Waals surface area contributed by atoms with E-state index in [1.54, 1.807) is 12.1 Å². The molecule has 0 aliphatic heterocycles. The highest BCUT2D eigenvalue weighted by atomic mass is 16.5. The molecule has 1 heterocycles. The summed E-state index contributed by atoms with van der Waals surface area (Å²) in [7, 11) is 0. The molecular formula is C20H23N5O2. The van der Waals surface area contributed by atoms with Gasteiger partial charge in [-0.05, 0) is 49.7 Å². The van der Waals surface area contributed by atoms with Crippen LogP contribution >= 0.6 is 0 Å². The van der Waals surface area contributed by atoms with E-state index in [0.29, 0.717) is 12.2 Å². The zero-order valence-corrected chi connectivity index (χ0v) is 15.5. The maximum absolute atomic E-state index is 12.6. The molecule has 0 spiro atoms. The van der Waals surface area contributed by atoms with Crippen LogP contribution in [0.25, 0.3) is 0 Å². The Hall–Kier alpha value is -3.35. The van der Waals surface area contributed by atoms with Crippen molar-refractivity contribution in [3.8, 4) is 5.75 Å². The Morgan fingerprint density at radius 3 is 2.52 bits per heavy atom. The van der Waals surface area contributed by atoms with Gasteiger partial charge in [0, 0.05) is 11.3 Å². The fourth-order valence-corrected chi connectivity index (χ4v) is 2.44. The van der Waals surface area contributed by atoms with Gasteiger partial charge < -0.3 is 15.8 Å². The third-order valence-corrected chi connectivity index (χ3v) is 4.00. The SMILES string of the molecule is CCCCOc1ccc(Nc2nc(N)n(C(=O)c3ccc(C)cc3)n2)cc1. The Morgan fingerprint density at radius 2 is 1.85 bits per heavy atom. The zero-order valence-electron chi connectivity index (χ0n) is 15.5. The summed E-state index contributed by atoms with van der Waals surface area (Å²) in [4.78, 5) is 16.7. The summed E-state index contributed by atoms with van der Waals surface area (Å²) in [5.41, 5.74) is 8.21. The van der Waals surface area contributed by atoms with Gasteiger partial charge in [-0.1, -0.05) is 31.0 Å². The number of aromatic nitrogens is 3. The normalized spacial score (nSPS) is 10.6. The minimum absolute atomic E-state index is 0.0302. The monoisotopic (exact) mass is 365 g/mol. The standard InChI is InChI=1S/C20H23N5O2/c1-3-4-13-27-17-11-9-16(10-12-17)22-20-23-19(21)25(24-20)18(26)15-7-5-14(2)6-8-15/h5-12H,3-4,13H2,1-2H3,(H3,21,22,23,24). The number of aryl methyl sites for hydroxylation is 1. The van der Waals surface area contributed by atoms with E-state index in [1.807, 2.05) is 43.3 Å². The number of carbonyl (C=O) groups is 1. The summed E-state index contributed by atoms with van der Waals surface area (Å²) in [6.45, 7) is 4.78. The number of anilines is 3. The van der Waals surface area contributed by atoms with Crippen molar-refractivity contribution < 1.29 is 9.53 Å². The molecule has 7 nitrogen and oxygen atoms in total. The molecule has 0 radical (unpaired) electrons. The molecular weight excluding hydrogens is 342 g/mol. The van der Waals surface area contributed by atoms with Crippen LogP contribution in [0.5, 0.6) is 5.75 Å². The lowest BCUT2D eigenvalue weighted by molar-refractivity contribution is 0.0948. The highest BCUT2D eigenvalue weighted by Crippen LogP contribution is 2.19. The summed E-state index contributed by atoms with van der Waals surface area (Å²) >= 11 is 0. The van der Waals surface area contributed by atoms with Crippen molar-refractivity contribution in [2.24, 2.45) is 0 Å². The van der Waals surface area contributed by atoms with Gasteiger partial charge in [0.1, 0.15) is 5.75 Å². The fourth-order valence-electron chi connectivity index (χ4n) is 2.44. The minimum Gasteiger partial charge on any atom is -0.494 e. The van der Waals surface area contributed by atoms with Crippen LogP contribution in [0.2, 0.25) is 0 Å². The number of unbranched alkanes of at least 4 members (excludes halogenated alkanes) is 1. The van der Waals surface area contributed by atoms with Crippen LogP contribution in [0.15, 0.2) is 48.5 Å². The first-order chi connectivity index (χ1) is 13.1. The molecule has 27 heavy (non-hydrogen) atoms. The number of nitrogens with two attached hydrogens (primary N) is 1. The van der Waals surface area contributed by atoms with E-state index in [9.17, 15) is 4.79 Å². The molecule has 0 saturated carbocycles. The van der Waals surface area contributed by atoms with E-state index in [1.165, 1.54) is 0 Å². The summed E-state index contributed by atoms with van der Waals surface area (Å²) < 4.78 is 6.73. The van der Waals surface area contributed by atoms with Crippen molar-refractivity contribution in [3.05, 3.63) is 59.7 Å². The third-order valence-electron chi connectivity index (χ3n) is 4.00. The lowest BCUT2D eigenvalue weighted by atomic mass is 10.1. The van der Waals surface area contributed by atoms with Crippen molar-refractivity contribution >= 4 is 23.5 Å². The molecule has 0 unspecified atom stereocenters. The predicted molar refractivity (Wildman–Crippen MR) is 105 cm³/mol. The van der Waals surface area contributed by atoms with Gasteiger partial charge in [-0.15, -0.1) is 5.10 Å². The topological polar surface area (TPSA) is 95.1 Å². The lowest BCUT2D eigenvalue weighted by Crippen LogP contribution is -2.16. The van der Waals surface area contributed by atoms with Crippen LogP contribution in [0.4, 0.5) is 17.6 Å². The molecule has 7 heteroatoms. The number of rotatable bonds is 7. The van der Waals surface area contributed by atoms with Crippen molar-refractivity contribution in [2.45, 2.75) is 26.7 Å². The second kappa shape index (κ2) is 8.35. The largest absolute Gasteiger partial charge is 0.494 e. The van der Waals surface area contributed by atoms with E-state index >= 15 is 0 Å². The Kier molecular flexibility index (Phi) is 5.71. The maximum atomic E-state index is 12.6. The van der Waals surface area contributed by atoms with Crippen LogP contribution in [0, 0.1) is 6.92 Å². The smallest absolute Gasteiger partial charge is 0.281 e. The van der Waals surface area contributed by atoms with Crippen LogP contribution in [0.3, 0.4) is 0 Å². The van der Waals surface area contributed by atoms with E-state index in [-0.39, 0.29) is 17.8 Å². The molecule has 0 fully saturated rings. The second-order valence-electron chi connectivity index (χ2n) is 6.23. The summed E-state index contributed by atoms with van der Waals surface area (Å²) in [6, 6.07) is 14.7. The van der Waals surface area contributed by atoms with E-state index in [2.05, 4.69) is 22.3 Å². The van der Waals surface area contributed by atoms with Gasteiger partial charge in [-0.25, -0.2) is 0 Å². The lowest BCUT2D eigenvalue weighted by Gasteiger charge is -2.06. The molecule has 0 bridgehead atoms. The predicted octanol–water partition coefficient (Wildman–Crippen LogP) is 3.78. The molecule has 0 amide bonds. The number of hydrogen-bond acceptors (Lipinski definition) is 6. The summed E-state index contributed by atoms with van der Waals surface area (Å²) in [5.74, 6) is 0.768. The molecule has 3 rings (SSSR count). The van der Waals surface area contributed by atoms with Crippen LogP contribution in [-0.2, 0) is 0 Å². The van der Waals surface area contributed by atoms with Gasteiger partial charge in [-0.3, -0.25) is 4.79 Å². The van der Waals surface area contributed by atoms with Gasteiger partial charge in [0.25, 0.3) is 5.91 Å². The van der Waals surface area contributed by atoms with E-state index in [0.717, 1.165) is 34.5 Å². The molecule has 0 atom stereocenters. The number of nitrogen functional groups attached to an aromatic ring is 1. The molecule has 140 valence electrons. The van der Waals surface area contributed by atoms with Gasteiger partial charge in [0.15, 0.2) is 0 Å². The molecule has 3 N–H and O–H groups in total. The second-order valence-corrected chi connectivity index (χ2v) is 6.23. The number of carbonyl (C=O) groups excluding carboxylic acids is 1. The first kappa shape index (κ1) is 18.4. The maximum Gasteiger partial charge on any atom is 0.281 e. The first-order valence-corrected chi connectivity index (χ1v) is 8.90. The zero-order chi connectivity index (χ0) is 19.2. The number of nitrogens with one attached hydrogen (secondary N) is 1. The summed E-state index contributed by atoms with van der Waals surface area (Å²) in [6.07, 6.45) is 2.12. The van der Waals surface area contributed by atoms with Crippen molar-refractivity contribution in [1.82, 2.24) is 14.8 Å². The summed E-state index contributed by atoms with van der Waals surface area (Å²) in [5, 5.41) is 7.22. The van der Waals surface area contributed by atoms with Crippen LogP contribution < -0.4 is 15.8 Å². The highest BCUT2D eigenvalue weighted by molar-refractivity contribution is 5.96. The van der Waals surface area contributed by atoms with Gasteiger partial charge in [0.05, 0.1) is 6.61 Å². The molecule has 1 aromatic heterocycles. The number of benzene rings is 2. The van der Waals surface area contributed by atoms with Crippen LogP contribution in [0.1, 0.15) is 35.7 Å². The average molecular weight is 365 g/mol. The molecule has 0 aliphatic carbocycles. The van der Waals surface area contributed by atoms with Crippen molar-refractivity contribution in [1.29, 1.82) is 0 Å². The first-order valence-electron chi connectivity index (χ1n) is 8.90. The van der Waals surface area contributed by atoms with Gasteiger partial charge >= 0.3 is 0 Å². The Balaban J connectivity index is 1.69. The Morgan fingerprint density at radius 1 is 1.15 bits per heavy atom. The van der Waals surface area contributed by atoms with Gasteiger partial charge in [-0.2, -0.15) is 9.67 Å². The van der Waals surface area contributed by atoms with E-state index < -0.39 is 0 Å². The highest BCUT2D eigenvalue weighted by Gasteiger charge is 2.16. The number of ether oxygens (including phenoxy) is 1. The Bertz CT molecular complexity index is 901. The third kappa shape index (κ3) is 4.63.